The summed E-state index contributed by atoms with van der Waals surface area (Å²) >= 11 is 0. The van der Waals surface area contributed by atoms with Crippen LogP contribution in [0.5, 0.6) is 0 Å². The molecule has 0 aliphatic carbocycles. The molecule has 0 unspecified atom stereocenters. The Morgan fingerprint density at radius 3 is 2.67 bits per heavy atom. The first-order valence-electron chi connectivity index (χ1n) is 4.29. The number of amides is 1. The molecule has 0 spiro atoms. The van der Waals surface area contributed by atoms with Crippen LogP contribution in [0, 0.1) is 0 Å². The minimum absolute atomic E-state index is 0.229. The summed E-state index contributed by atoms with van der Waals surface area (Å²) in [7, 11) is 0. The number of nitrogens with two attached hydrogens (primary N) is 1. The second-order valence-electron chi connectivity index (χ2n) is 2.89. The van der Waals surface area contributed by atoms with Gasteiger partial charge in [0.2, 0.25) is 0 Å². The van der Waals surface area contributed by atoms with E-state index in [2.05, 4.69) is 15.0 Å². The van der Waals surface area contributed by atoms with E-state index >= 15 is 0 Å². The van der Waals surface area contributed by atoms with E-state index in [4.69, 9.17) is 5.73 Å². The molecule has 0 saturated carbocycles. The van der Waals surface area contributed by atoms with Crippen molar-refractivity contribution in [2.24, 2.45) is 5.73 Å². The highest BCUT2D eigenvalue weighted by Crippen LogP contribution is 2.19. The Labute approximate surface area is 86.0 Å². The molecule has 2 aromatic heterocycles. The van der Waals surface area contributed by atoms with E-state index in [0.717, 1.165) is 5.56 Å². The number of aromatic nitrogens is 3. The molecule has 2 aromatic rings. The normalized spacial score (nSPS) is 9.87. The quantitative estimate of drug-likeness (QED) is 0.771. The molecule has 2 N–H and O–H groups in total. The van der Waals surface area contributed by atoms with Gasteiger partial charge in [0.15, 0.2) is 0 Å². The third-order valence-corrected chi connectivity index (χ3v) is 1.91. The first kappa shape index (κ1) is 9.26. The molecule has 0 radical (unpaired) electrons. The van der Waals surface area contributed by atoms with Crippen LogP contribution in [0.1, 0.15) is 10.5 Å². The van der Waals surface area contributed by atoms with Gasteiger partial charge < -0.3 is 5.73 Å². The van der Waals surface area contributed by atoms with Crippen molar-refractivity contribution in [1.29, 1.82) is 0 Å². The Hall–Kier alpha value is -2.30. The SMILES string of the molecule is NC(=O)c1ncccc1-c1cncnc1. The smallest absolute Gasteiger partial charge is 0.267 e. The van der Waals surface area contributed by atoms with Gasteiger partial charge >= 0.3 is 0 Å². The fourth-order valence-corrected chi connectivity index (χ4v) is 1.27. The van der Waals surface area contributed by atoms with Crippen molar-refractivity contribution in [2.45, 2.75) is 0 Å². The van der Waals surface area contributed by atoms with Gasteiger partial charge in [-0.05, 0) is 6.07 Å². The molecule has 0 aliphatic heterocycles. The lowest BCUT2D eigenvalue weighted by Gasteiger charge is -2.03. The van der Waals surface area contributed by atoms with E-state index < -0.39 is 5.91 Å². The van der Waals surface area contributed by atoms with Crippen molar-refractivity contribution in [3.8, 4) is 11.1 Å². The van der Waals surface area contributed by atoms with E-state index in [1.807, 2.05) is 0 Å². The molecular weight excluding hydrogens is 192 g/mol. The van der Waals surface area contributed by atoms with Crippen molar-refractivity contribution < 1.29 is 4.79 Å². The fraction of sp³-hybridized carbons (Fsp3) is 0. The highest BCUT2D eigenvalue weighted by molar-refractivity contribution is 5.97. The summed E-state index contributed by atoms with van der Waals surface area (Å²) < 4.78 is 0. The molecule has 2 heterocycles. The highest BCUT2D eigenvalue weighted by atomic mass is 16.1. The molecule has 1 amide bonds. The third kappa shape index (κ3) is 1.80. The summed E-state index contributed by atoms with van der Waals surface area (Å²) in [6.45, 7) is 0. The lowest BCUT2D eigenvalue weighted by molar-refractivity contribution is 0.0996. The van der Waals surface area contributed by atoms with Gasteiger partial charge in [0.05, 0.1) is 0 Å². The Kier molecular flexibility index (Phi) is 2.37. The zero-order valence-electron chi connectivity index (χ0n) is 7.79. The largest absolute Gasteiger partial charge is 0.364 e. The number of carbonyl (C=O) groups excluding carboxylic acids is 1. The monoisotopic (exact) mass is 200 g/mol. The number of rotatable bonds is 2. The van der Waals surface area contributed by atoms with Crippen molar-refractivity contribution >= 4 is 5.91 Å². The van der Waals surface area contributed by atoms with Crippen LogP contribution in [0.25, 0.3) is 11.1 Å². The summed E-state index contributed by atoms with van der Waals surface area (Å²) in [5.74, 6) is -0.561. The Morgan fingerprint density at radius 1 is 1.27 bits per heavy atom. The number of nitrogens with zero attached hydrogens (tertiary/aromatic N) is 3. The first-order chi connectivity index (χ1) is 7.29. The topological polar surface area (TPSA) is 81.8 Å². The van der Waals surface area contributed by atoms with Crippen LogP contribution < -0.4 is 5.73 Å². The van der Waals surface area contributed by atoms with Gasteiger partial charge in [0, 0.05) is 29.7 Å². The first-order valence-corrected chi connectivity index (χ1v) is 4.29. The summed E-state index contributed by atoms with van der Waals surface area (Å²) in [6.07, 6.45) is 6.16. The second kappa shape index (κ2) is 3.83. The predicted molar refractivity (Wildman–Crippen MR) is 53.8 cm³/mol. The molecule has 0 bridgehead atoms. The summed E-state index contributed by atoms with van der Waals surface area (Å²) in [4.78, 5) is 22.8. The summed E-state index contributed by atoms with van der Waals surface area (Å²) in [5, 5.41) is 0. The fourth-order valence-electron chi connectivity index (χ4n) is 1.27. The Bertz CT molecular complexity index is 484. The van der Waals surface area contributed by atoms with Gasteiger partial charge in [-0.25, -0.2) is 9.97 Å². The number of carbonyl (C=O) groups is 1. The Balaban J connectivity index is 2.58. The molecular formula is C10H8N4O. The van der Waals surface area contributed by atoms with Crippen molar-refractivity contribution in [3.05, 3.63) is 42.7 Å². The van der Waals surface area contributed by atoms with E-state index in [-0.39, 0.29) is 5.69 Å². The van der Waals surface area contributed by atoms with E-state index in [9.17, 15) is 4.79 Å². The molecule has 5 nitrogen and oxygen atoms in total. The zero-order chi connectivity index (χ0) is 10.7. The number of primary amides is 1. The van der Waals surface area contributed by atoms with Crippen LogP contribution in [0.3, 0.4) is 0 Å². The van der Waals surface area contributed by atoms with Crippen molar-refractivity contribution in [1.82, 2.24) is 15.0 Å². The Morgan fingerprint density at radius 2 is 2.00 bits per heavy atom. The molecule has 0 atom stereocenters. The van der Waals surface area contributed by atoms with Gasteiger partial charge in [0.25, 0.3) is 5.91 Å². The average molecular weight is 200 g/mol. The molecule has 5 heteroatoms. The van der Waals surface area contributed by atoms with Gasteiger partial charge in [-0.15, -0.1) is 0 Å². The van der Waals surface area contributed by atoms with Crippen LogP contribution in [0.15, 0.2) is 37.1 Å². The highest BCUT2D eigenvalue weighted by Gasteiger charge is 2.10. The summed E-state index contributed by atoms with van der Waals surface area (Å²) in [5.41, 5.74) is 6.80. The van der Waals surface area contributed by atoms with Crippen molar-refractivity contribution in [3.63, 3.8) is 0 Å². The van der Waals surface area contributed by atoms with Crippen molar-refractivity contribution in [2.75, 3.05) is 0 Å². The molecule has 15 heavy (non-hydrogen) atoms. The van der Waals surface area contributed by atoms with E-state index in [1.54, 1.807) is 24.5 Å². The maximum atomic E-state index is 11.1. The molecule has 0 aliphatic rings. The number of hydrogen-bond donors (Lipinski definition) is 1. The average Bonchev–Trinajstić information content (AvgIpc) is 2.30. The number of pyridine rings is 1. The third-order valence-electron chi connectivity index (χ3n) is 1.91. The molecule has 74 valence electrons. The maximum absolute atomic E-state index is 11.1. The van der Waals surface area contributed by atoms with Crippen LogP contribution in [-0.4, -0.2) is 20.9 Å². The van der Waals surface area contributed by atoms with Gasteiger partial charge in [-0.3, -0.25) is 9.78 Å². The van der Waals surface area contributed by atoms with Crippen LogP contribution in [0.4, 0.5) is 0 Å². The van der Waals surface area contributed by atoms with Gasteiger partial charge in [-0.2, -0.15) is 0 Å². The van der Waals surface area contributed by atoms with E-state index in [0.29, 0.717) is 5.56 Å². The molecule has 0 saturated heterocycles. The lowest BCUT2D eigenvalue weighted by atomic mass is 10.1. The minimum Gasteiger partial charge on any atom is -0.364 e. The van der Waals surface area contributed by atoms with E-state index in [1.165, 1.54) is 12.5 Å². The van der Waals surface area contributed by atoms with Crippen LogP contribution >= 0.6 is 0 Å². The van der Waals surface area contributed by atoms with Gasteiger partial charge in [-0.1, -0.05) is 6.07 Å². The molecule has 0 aromatic carbocycles. The predicted octanol–water partition coefficient (Wildman–Crippen LogP) is 0.637. The second-order valence-corrected chi connectivity index (χ2v) is 2.89. The van der Waals surface area contributed by atoms with Crippen LogP contribution in [0.2, 0.25) is 0 Å². The summed E-state index contributed by atoms with van der Waals surface area (Å²) in [6, 6.07) is 3.49. The minimum atomic E-state index is -0.561. The molecule has 0 fully saturated rings. The molecule has 2 rings (SSSR count). The van der Waals surface area contributed by atoms with Crippen LogP contribution in [-0.2, 0) is 0 Å². The maximum Gasteiger partial charge on any atom is 0.267 e. The number of hydrogen-bond acceptors (Lipinski definition) is 4. The standard InChI is InChI=1S/C10H8N4O/c11-10(15)9-8(2-1-3-14-9)7-4-12-6-13-5-7/h1-6H,(H2,11,15). The zero-order valence-corrected chi connectivity index (χ0v) is 7.79. The van der Waals surface area contributed by atoms with Gasteiger partial charge in [0.1, 0.15) is 12.0 Å². The lowest BCUT2D eigenvalue weighted by Crippen LogP contribution is -2.14.